The Kier molecular flexibility index (Phi) is 12.0. The Morgan fingerprint density at radius 3 is 0.569 bits per heavy atom. The van der Waals surface area contributed by atoms with Crippen LogP contribution in [0, 0.1) is 0 Å². The molecule has 0 fully saturated rings. The lowest BCUT2D eigenvalue weighted by atomic mass is 9.87. The minimum Gasteiger partial charge on any atom is -0.377 e. The second-order valence-electron chi connectivity index (χ2n) is 14.8. The lowest BCUT2D eigenvalue weighted by molar-refractivity contribution is 0.106. The van der Waals surface area contributed by atoms with Crippen molar-refractivity contribution in [1.29, 1.82) is 0 Å². The third-order valence-electron chi connectivity index (χ3n) is 11.2. The van der Waals surface area contributed by atoms with Crippen molar-refractivity contribution in [1.82, 2.24) is 0 Å². The molecule has 6 heteroatoms. The normalized spacial score (nSPS) is 13.8. The molecule has 7 rings (SSSR count). The van der Waals surface area contributed by atoms with Crippen LogP contribution in [-0.4, -0.2) is 39.6 Å². The van der Waals surface area contributed by atoms with Crippen LogP contribution in [0.3, 0.4) is 0 Å². The first-order valence-corrected chi connectivity index (χ1v) is 20.2. The fourth-order valence-electron chi connectivity index (χ4n) is 9.22. The highest BCUT2D eigenvalue weighted by atomic mass is 16.5. The van der Waals surface area contributed by atoms with Gasteiger partial charge in [-0.1, -0.05) is 41.5 Å². The van der Waals surface area contributed by atoms with E-state index in [2.05, 4.69) is 41.5 Å². The Balaban J connectivity index is 1.57. The van der Waals surface area contributed by atoms with Crippen LogP contribution in [-0.2, 0) is 87.3 Å². The fraction of sp³-hybridized carbons (Fsp3) is 0.600. The lowest BCUT2D eigenvalue weighted by Crippen LogP contribution is -2.10. The molecule has 0 amide bonds. The Hall–Kier alpha value is -2.58. The van der Waals surface area contributed by atoms with Gasteiger partial charge in [0.2, 0.25) is 0 Å². The summed E-state index contributed by atoms with van der Waals surface area (Å²) >= 11 is 0. The first-order chi connectivity index (χ1) is 25.1. The highest BCUT2D eigenvalue weighted by Crippen LogP contribution is 2.58. The van der Waals surface area contributed by atoms with Gasteiger partial charge in [-0.05, 0) is 157 Å². The average Bonchev–Trinajstić information content (AvgIpc) is 3.83. The van der Waals surface area contributed by atoms with Crippen molar-refractivity contribution in [2.24, 2.45) is 0 Å². The maximum absolute atomic E-state index is 6.45. The van der Waals surface area contributed by atoms with Crippen LogP contribution in [0.25, 0.3) is 32.3 Å². The van der Waals surface area contributed by atoms with E-state index < -0.39 is 0 Å². The first-order valence-electron chi connectivity index (χ1n) is 20.2. The van der Waals surface area contributed by atoms with Crippen molar-refractivity contribution in [3.8, 4) is 0 Å². The molecule has 51 heavy (non-hydrogen) atoms. The predicted molar refractivity (Wildman–Crippen MR) is 207 cm³/mol. The summed E-state index contributed by atoms with van der Waals surface area (Å²) in [6, 6.07) is 0. The van der Waals surface area contributed by atoms with Crippen molar-refractivity contribution in [2.75, 3.05) is 39.6 Å². The van der Waals surface area contributed by atoms with Gasteiger partial charge in [-0.25, -0.2) is 0 Å². The van der Waals surface area contributed by atoms with Gasteiger partial charge < -0.3 is 28.4 Å². The highest BCUT2D eigenvalue weighted by Gasteiger charge is 2.40. The molecule has 0 unspecified atom stereocenters. The second-order valence-corrected chi connectivity index (χ2v) is 14.8. The van der Waals surface area contributed by atoms with Gasteiger partial charge >= 0.3 is 0 Å². The van der Waals surface area contributed by atoms with Crippen LogP contribution in [0.1, 0.15) is 147 Å². The Morgan fingerprint density at radius 1 is 0.275 bits per heavy atom. The topological polar surface area (TPSA) is 55.4 Å². The summed E-state index contributed by atoms with van der Waals surface area (Å²) in [6.07, 6.45) is 8.73. The van der Waals surface area contributed by atoms with E-state index >= 15 is 0 Å². The molecule has 3 aliphatic carbocycles. The molecular weight excluding hydrogens is 636 g/mol. The van der Waals surface area contributed by atoms with Gasteiger partial charge in [0.15, 0.2) is 0 Å². The van der Waals surface area contributed by atoms with Crippen molar-refractivity contribution in [3.05, 3.63) is 66.8 Å². The van der Waals surface area contributed by atoms with Crippen molar-refractivity contribution >= 4 is 32.3 Å². The third kappa shape index (κ3) is 6.42. The van der Waals surface area contributed by atoms with Crippen LogP contribution in [0.5, 0.6) is 0 Å². The van der Waals surface area contributed by atoms with Crippen LogP contribution in [0.2, 0.25) is 0 Å². The minimum absolute atomic E-state index is 0.621. The molecule has 0 saturated carbocycles. The molecule has 0 N–H and O–H groups in total. The van der Waals surface area contributed by atoms with Crippen LogP contribution in [0.15, 0.2) is 0 Å². The van der Waals surface area contributed by atoms with Gasteiger partial charge in [0.05, 0.1) is 39.6 Å². The molecule has 0 saturated heterocycles. The average molecular weight is 697 g/mol. The standard InChI is InChI=1S/C45H60O6/c1-7-13-46-22-34-28-19-30-36(24-48-15-9-3)38(26-50-17-11-5)32-21-33-39(27-51-18-12-6)37(25-49-16-10-4)31-20-29(35(34)23-47-14-8-2)41-40(28)42(30)44(32)45(33)43(31)41/h7-27H2,1-6H3. The summed E-state index contributed by atoms with van der Waals surface area (Å²) in [7, 11) is 0. The quantitative estimate of drug-likeness (QED) is 0.0463. The molecule has 3 aliphatic rings. The summed E-state index contributed by atoms with van der Waals surface area (Å²) in [4.78, 5) is 0. The highest BCUT2D eigenvalue weighted by molar-refractivity contribution is 6.34. The number of ether oxygens (including phenoxy) is 6. The molecule has 4 aromatic carbocycles. The Labute approximate surface area is 305 Å². The second kappa shape index (κ2) is 16.6. The smallest absolute Gasteiger partial charge is 0.0723 e. The van der Waals surface area contributed by atoms with E-state index in [0.29, 0.717) is 39.6 Å². The molecule has 0 heterocycles. The molecule has 6 nitrogen and oxygen atoms in total. The molecule has 0 spiro atoms. The zero-order valence-corrected chi connectivity index (χ0v) is 32.3. The molecule has 0 atom stereocenters. The Bertz CT molecular complexity index is 1530. The minimum atomic E-state index is 0.621. The summed E-state index contributed by atoms with van der Waals surface area (Å²) < 4.78 is 38.7. The zero-order chi connectivity index (χ0) is 35.5. The number of hydrogen-bond acceptors (Lipinski definition) is 6. The van der Waals surface area contributed by atoms with Gasteiger partial charge in [-0.3, -0.25) is 0 Å². The lowest BCUT2D eigenvalue weighted by Gasteiger charge is -2.20. The molecule has 0 bridgehead atoms. The van der Waals surface area contributed by atoms with Gasteiger partial charge in [0, 0.05) is 39.6 Å². The summed E-state index contributed by atoms with van der Waals surface area (Å²) in [5.41, 5.74) is 16.8. The van der Waals surface area contributed by atoms with Crippen molar-refractivity contribution in [2.45, 2.75) is 139 Å². The summed E-state index contributed by atoms with van der Waals surface area (Å²) in [6.45, 7) is 21.4. The van der Waals surface area contributed by atoms with Crippen molar-refractivity contribution in [3.63, 3.8) is 0 Å². The maximum Gasteiger partial charge on any atom is 0.0723 e. The Morgan fingerprint density at radius 2 is 0.431 bits per heavy atom. The zero-order valence-electron chi connectivity index (χ0n) is 32.3. The fourth-order valence-corrected chi connectivity index (χ4v) is 9.22. The number of benzene rings is 4. The van der Waals surface area contributed by atoms with Crippen LogP contribution < -0.4 is 0 Å². The van der Waals surface area contributed by atoms with Gasteiger partial charge in [-0.2, -0.15) is 0 Å². The first kappa shape index (κ1) is 36.8. The monoisotopic (exact) mass is 696 g/mol. The van der Waals surface area contributed by atoms with E-state index in [9.17, 15) is 0 Å². The molecule has 4 aromatic rings. The van der Waals surface area contributed by atoms with Crippen LogP contribution >= 0.6 is 0 Å². The van der Waals surface area contributed by atoms with E-state index in [-0.39, 0.29) is 0 Å². The van der Waals surface area contributed by atoms with Crippen molar-refractivity contribution < 1.29 is 28.4 Å². The summed E-state index contributed by atoms with van der Waals surface area (Å²) in [5, 5.41) is 8.82. The number of hydrogen-bond donors (Lipinski definition) is 0. The number of rotatable bonds is 24. The van der Waals surface area contributed by atoms with Crippen LogP contribution in [0.4, 0.5) is 0 Å². The van der Waals surface area contributed by atoms with Gasteiger partial charge in [-0.15, -0.1) is 0 Å². The maximum atomic E-state index is 6.45. The van der Waals surface area contributed by atoms with E-state index in [4.69, 9.17) is 28.4 Å². The SMILES string of the molecule is CCCOCc1c(COCCC)c2c3c4c1Cc1c(COCCC)c(COCCC)c5c(c14)c1c(c(COCCC)c(COCCC)c(c31)C2)C5. The van der Waals surface area contributed by atoms with E-state index in [0.717, 1.165) is 97.4 Å². The van der Waals surface area contributed by atoms with E-state index in [1.165, 1.54) is 99.1 Å². The molecule has 276 valence electrons. The molecular formula is C45H60O6. The molecule has 0 aromatic heterocycles. The van der Waals surface area contributed by atoms with Gasteiger partial charge in [0.25, 0.3) is 0 Å². The third-order valence-corrected chi connectivity index (χ3v) is 11.2. The largest absolute Gasteiger partial charge is 0.377 e. The van der Waals surface area contributed by atoms with E-state index in [1.54, 1.807) is 0 Å². The van der Waals surface area contributed by atoms with Gasteiger partial charge in [0.1, 0.15) is 0 Å². The molecule has 0 aliphatic heterocycles. The van der Waals surface area contributed by atoms with E-state index in [1.807, 2.05) is 0 Å². The molecule has 0 radical (unpaired) electrons. The summed E-state index contributed by atoms with van der Waals surface area (Å²) in [5.74, 6) is 0. The predicted octanol–water partition coefficient (Wildman–Crippen LogP) is 10.4.